The van der Waals surface area contributed by atoms with E-state index in [1.165, 1.54) is 6.92 Å². The van der Waals surface area contributed by atoms with Gasteiger partial charge in [-0.2, -0.15) is 5.01 Å². The summed E-state index contributed by atoms with van der Waals surface area (Å²) < 4.78 is 6.23. The normalized spacial score (nSPS) is 10.8. The molecule has 0 fully saturated rings. The zero-order valence-electron chi connectivity index (χ0n) is 16.1. The molecule has 2 aromatic rings. The number of ether oxygens (including phenoxy) is 1. The van der Waals surface area contributed by atoms with Crippen molar-refractivity contribution < 1.29 is 19.1 Å². The predicted octanol–water partition coefficient (Wildman–Crippen LogP) is 4.49. The first-order chi connectivity index (χ1) is 13.0. The molecule has 0 unspecified atom stereocenters. The molecule has 148 valence electrons. The number of hydrazine groups is 1. The van der Waals surface area contributed by atoms with Gasteiger partial charge in [0, 0.05) is 22.6 Å². The number of halogens is 1. The first-order valence-electron chi connectivity index (χ1n) is 8.52. The first kappa shape index (κ1) is 21.4. The number of carbonyl (C=O) groups is 3. The Hall–Kier alpha value is -2.87. The second-order valence-electron chi connectivity index (χ2n) is 6.99. The lowest BCUT2D eigenvalue weighted by Crippen LogP contribution is -2.48. The van der Waals surface area contributed by atoms with E-state index >= 15 is 0 Å². The van der Waals surface area contributed by atoms with Crippen LogP contribution in [-0.2, 0) is 9.53 Å². The molecule has 2 N–H and O–H groups in total. The molecular weight excluding hydrogens is 426 g/mol. The van der Waals surface area contributed by atoms with Crippen LogP contribution in [0.2, 0.25) is 0 Å². The number of amides is 3. The lowest BCUT2D eigenvalue weighted by molar-refractivity contribution is -0.114. The zero-order valence-corrected chi connectivity index (χ0v) is 17.7. The van der Waals surface area contributed by atoms with Crippen molar-refractivity contribution in [3.63, 3.8) is 0 Å². The molecule has 7 nitrogen and oxygen atoms in total. The summed E-state index contributed by atoms with van der Waals surface area (Å²) in [7, 11) is 0. The second kappa shape index (κ2) is 8.88. The summed E-state index contributed by atoms with van der Waals surface area (Å²) >= 11 is 3.34. The van der Waals surface area contributed by atoms with E-state index in [2.05, 4.69) is 26.7 Å². The fraction of sp³-hybridized carbons (Fsp3) is 0.250. The van der Waals surface area contributed by atoms with Crippen LogP contribution in [0.1, 0.15) is 38.1 Å². The third-order valence-electron chi connectivity index (χ3n) is 3.34. The van der Waals surface area contributed by atoms with Crippen LogP contribution in [0.4, 0.5) is 16.2 Å². The standard InChI is InChI=1S/C20H22BrN3O4/c1-13(25)22-16-9-5-14(6-10-16)18(26)23-24(19(27)28-20(2,3)4)17-11-7-15(21)8-12-17/h5-12H,1-4H3,(H,22,25)(H,23,26). The minimum Gasteiger partial charge on any atom is -0.442 e. The van der Waals surface area contributed by atoms with Gasteiger partial charge in [-0.05, 0) is 69.3 Å². The quantitative estimate of drug-likeness (QED) is 0.678. The Morgan fingerprint density at radius 1 is 0.964 bits per heavy atom. The Balaban J connectivity index is 2.23. The lowest BCUT2D eigenvalue weighted by Gasteiger charge is -2.27. The van der Waals surface area contributed by atoms with Crippen LogP contribution in [-0.4, -0.2) is 23.5 Å². The highest BCUT2D eigenvalue weighted by atomic mass is 79.9. The average Bonchev–Trinajstić information content (AvgIpc) is 2.59. The third kappa shape index (κ3) is 6.38. The highest BCUT2D eigenvalue weighted by Crippen LogP contribution is 2.20. The average molecular weight is 448 g/mol. The molecule has 0 aliphatic rings. The SMILES string of the molecule is CC(=O)Nc1ccc(C(=O)NN(C(=O)OC(C)(C)C)c2ccc(Br)cc2)cc1. The van der Waals surface area contributed by atoms with Crippen molar-refractivity contribution in [3.05, 3.63) is 58.6 Å². The summed E-state index contributed by atoms with van der Waals surface area (Å²) in [5.74, 6) is -0.702. The molecule has 0 spiro atoms. The lowest BCUT2D eigenvalue weighted by atomic mass is 10.2. The topological polar surface area (TPSA) is 87.7 Å². The van der Waals surface area contributed by atoms with Gasteiger partial charge >= 0.3 is 6.09 Å². The van der Waals surface area contributed by atoms with Gasteiger partial charge in [0.05, 0.1) is 5.69 Å². The second-order valence-corrected chi connectivity index (χ2v) is 7.91. The van der Waals surface area contributed by atoms with Crippen LogP contribution in [0.15, 0.2) is 53.0 Å². The fourth-order valence-corrected chi connectivity index (χ4v) is 2.45. The molecule has 0 atom stereocenters. The van der Waals surface area contributed by atoms with Gasteiger partial charge in [0.2, 0.25) is 5.91 Å². The van der Waals surface area contributed by atoms with E-state index in [1.807, 2.05) is 0 Å². The fourth-order valence-electron chi connectivity index (χ4n) is 2.19. The maximum absolute atomic E-state index is 12.6. The minimum absolute atomic E-state index is 0.205. The van der Waals surface area contributed by atoms with E-state index in [9.17, 15) is 14.4 Å². The van der Waals surface area contributed by atoms with Gasteiger partial charge in [0.1, 0.15) is 5.60 Å². The van der Waals surface area contributed by atoms with E-state index in [0.717, 1.165) is 9.48 Å². The smallest absolute Gasteiger partial charge is 0.434 e. The number of anilines is 2. The van der Waals surface area contributed by atoms with Gasteiger partial charge < -0.3 is 10.1 Å². The van der Waals surface area contributed by atoms with Gasteiger partial charge in [-0.3, -0.25) is 15.0 Å². The Morgan fingerprint density at radius 2 is 1.54 bits per heavy atom. The third-order valence-corrected chi connectivity index (χ3v) is 3.87. The van der Waals surface area contributed by atoms with Crippen molar-refractivity contribution in [2.24, 2.45) is 0 Å². The minimum atomic E-state index is -0.727. The summed E-state index contributed by atoms with van der Waals surface area (Å²) in [5, 5.41) is 3.68. The molecule has 2 aromatic carbocycles. The Kier molecular flexibility index (Phi) is 6.80. The van der Waals surface area contributed by atoms with Crippen LogP contribution in [0.3, 0.4) is 0 Å². The van der Waals surface area contributed by atoms with Gasteiger partial charge in [-0.25, -0.2) is 4.79 Å². The number of benzene rings is 2. The Labute approximate surface area is 172 Å². The molecule has 0 saturated carbocycles. The number of hydrogen-bond acceptors (Lipinski definition) is 4. The van der Waals surface area contributed by atoms with Gasteiger partial charge in [0.15, 0.2) is 0 Å². The summed E-state index contributed by atoms with van der Waals surface area (Å²) in [4.78, 5) is 36.4. The van der Waals surface area contributed by atoms with Crippen molar-refractivity contribution in [2.75, 3.05) is 10.3 Å². The molecular formula is C20H22BrN3O4. The van der Waals surface area contributed by atoms with Gasteiger partial charge in [0.25, 0.3) is 5.91 Å². The van der Waals surface area contributed by atoms with Crippen LogP contribution in [0.5, 0.6) is 0 Å². The van der Waals surface area contributed by atoms with Crippen molar-refractivity contribution in [2.45, 2.75) is 33.3 Å². The molecule has 0 bridgehead atoms. The summed E-state index contributed by atoms with van der Waals surface area (Å²) in [6, 6.07) is 13.2. The van der Waals surface area contributed by atoms with Crippen LogP contribution in [0, 0.1) is 0 Å². The van der Waals surface area contributed by atoms with Gasteiger partial charge in [-0.15, -0.1) is 0 Å². The van der Waals surface area contributed by atoms with Crippen LogP contribution in [0.25, 0.3) is 0 Å². The summed E-state index contributed by atoms with van der Waals surface area (Å²) in [6.45, 7) is 6.63. The maximum atomic E-state index is 12.6. The highest BCUT2D eigenvalue weighted by molar-refractivity contribution is 9.10. The van der Waals surface area contributed by atoms with E-state index in [-0.39, 0.29) is 5.91 Å². The number of hydrogen-bond donors (Lipinski definition) is 2. The van der Waals surface area contributed by atoms with E-state index < -0.39 is 17.6 Å². The monoisotopic (exact) mass is 447 g/mol. The van der Waals surface area contributed by atoms with Crippen LogP contribution < -0.4 is 15.8 Å². The van der Waals surface area contributed by atoms with E-state index in [1.54, 1.807) is 69.3 Å². The molecule has 0 saturated heterocycles. The first-order valence-corrected chi connectivity index (χ1v) is 9.32. The molecule has 0 aliphatic heterocycles. The maximum Gasteiger partial charge on any atom is 0.434 e. The van der Waals surface area contributed by atoms with Crippen molar-refractivity contribution >= 4 is 45.2 Å². The van der Waals surface area contributed by atoms with Crippen molar-refractivity contribution in [3.8, 4) is 0 Å². The zero-order chi connectivity index (χ0) is 20.9. The van der Waals surface area contributed by atoms with E-state index in [0.29, 0.717) is 16.9 Å². The van der Waals surface area contributed by atoms with Crippen molar-refractivity contribution in [1.82, 2.24) is 5.43 Å². The number of nitrogens with zero attached hydrogens (tertiary/aromatic N) is 1. The summed E-state index contributed by atoms with van der Waals surface area (Å²) in [6.07, 6.45) is -0.710. The molecule has 28 heavy (non-hydrogen) atoms. The van der Waals surface area contributed by atoms with E-state index in [4.69, 9.17) is 4.74 Å². The Morgan fingerprint density at radius 3 is 2.04 bits per heavy atom. The highest BCUT2D eigenvalue weighted by Gasteiger charge is 2.25. The molecule has 0 radical (unpaired) electrons. The van der Waals surface area contributed by atoms with Crippen molar-refractivity contribution in [1.29, 1.82) is 0 Å². The molecule has 2 rings (SSSR count). The molecule has 0 aliphatic carbocycles. The van der Waals surface area contributed by atoms with Gasteiger partial charge in [-0.1, -0.05) is 15.9 Å². The molecule has 0 aromatic heterocycles. The predicted molar refractivity (Wildman–Crippen MR) is 111 cm³/mol. The number of nitrogens with one attached hydrogen (secondary N) is 2. The summed E-state index contributed by atoms with van der Waals surface area (Å²) in [5.41, 5.74) is 3.18. The molecule has 3 amide bonds. The Bertz CT molecular complexity index is 859. The molecule has 0 heterocycles. The largest absolute Gasteiger partial charge is 0.442 e. The van der Waals surface area contributed by atoms with Crippen LogP contribution >= 0.6 is 15.9 Å². The number of rotatable bonds is 3. The molecule has 8 heteroatoms. The number of carbonyl (C=O) groups excluding carboxylic acids is 3.